The van der Waals surface area contributed by atoms with Crippen molar-refractivity contribution in [3.8, 4) is 5.75 Å². The summed E-state index contributed by atoms with van der Waals surface area (Å²) in [6, 6.07) is 11.6. The summed E-state index contributed by atoms with van der Waals surface area (Å²) in [6.45, 7) is 1.54. The molecule has 124 valence electrons. The predicted molar refractivity (Wildman–Crippen MR) is 90.9 cm³/mol. The number of esters is 1. The number of ether oxygens (including phenoxy) is 2. The molecule has 0 amide bonds. The largest absolute Gasteiger partial charge is 0.478 e. The third kappa shape index (κ3) is 3.55. The van der Waals surface area contributed by atoms with Crippen LogP contribution in [0.5, 0.6) is 5.75 Å². The van der Waals surface area contributed by atoms with Gasteiger partial charge >= 0.3 is 5.97 Å². The van der Waals surface area contributed by atoms with Crippen molar-refractivity contribution in [3.05, 3.63) is 63.6 Å². The Morgan fingerprint density at radius 2 is 1.79 bits per heavy atom. The van der Waals surface area contributed by atoms with E-state index in [9.17, 15) is 9.59 Å². The molecule has 0 aromatic heterocycles. The first-order chi connectivity index (χ1) is 11.4. The first kappa shape index (κ1) is 16.8. The molecule has 0 saturated heterocycles. The molecule has 1 aliphatic heterocycles. The van der Waals surface area contributed by atoms with Gasteiger partial charge in [0.1, 0.15) is 5.75 Å². The van der Waals surface area contributed by atoms with Crippen molar-refractivity contribution >= 4 is 35.0 Å². The average molecular weight is 365 g/mol. The van der Waals surface area contributed by atoms with Crippen molar-refractivity contribution in [2.24, 2.45) is 0 Å². The smallest absolute Gasteiger partial charge is 0.348 e. The van der Waals surface area contributed by atoms with Gasteiger partial charge in [0.05, 0.1) is 0 Å². The van der Waals surface area contributed by atoms with Crippen molar-refractivity contribution in [2.75, 3.05) is 0 Å². The van der Waals surface area contributed by atoms with E-state index in [0.717, 1.165) is 5.56 Å². The summed E-state index contributed by atoms with van der Waals surface area (Å²) in [7, 11) is 0. The molecule has 3 rings (SSSR count). The maximum absolute atomic E-state index is 12.3. The Morgan fingerprint density at radius 1 is 1.12 bits per heavy atom. The second kappa shape index (κ2) is 6.83. The molecule has 0 N–H and O–H groups in total. The number of Topliss-reactive ketones (excluding diaryl/α,β-unsaturated/α-hetero) is 1. The van der Waals surface area contributed by atoms with Crippen LogP contribution in [0.15, 0.2) is 42.5 Å². The summed E-state index contributed by atoms with van der Waals surface area (Å²) in [5, 5.41) is 1.12. The van der Waals surface area contributed by atoms with E-state index in [1.807, 2.05) is 0 Å². The lowest BCUT2D eigenvalue weighted by molar-refractivity contribution is -0.153. The van der Waals surface area contributed by atoms with Gasteiger partial charge in [-0.05, 0) is 55.0 Å². The first-order valence-electron chi connectivity index (χ1n) is 7.39. The predicted octanol–water partition coefficient (Wildman–Crippen LogP) is 4.11. The number of benzene rings is 2. The maximum Gasteiger partial charge on any atom is 0.348 e. The van der Waals surface area contributed by atoms with Crippen molar-refractivity contribution in [1.29, 1.82) is 0 Å². The quantitative estimate of drug-likeness (QED) is 0.604. The molecule has 0 saturated carbocycles. The molecule has 0 spiro atoms. The molecule has 0 radical (unpaired) electrons. The minimum Gasteiger partial charge on any atom is -0.478 e. The summed E-state index contributed by atoms with van der Waals surface area (Å²) in [4.78, 5) is 24.5. The van der Waals surface area contributed by atoms with Crippen molar-refractivity contribution < 1.29 is 19.1 Å². The Labute approximate surface area is 149 Å². The van der Waals surface area contributed by atoms with Crippen LogP contribution in [0.1, 0.15) is 22.8 Å². The van der Waals surface area contributed by atoms with Gasteiger partial charge in [-0.2, -0.15) is 0 Å². The molecule has 2 aromatic rings. The van der Waals surface area contributed by atoms with Gasteiger partial charge in [0.15, 0.2) is 12.2 Å². The van der Waals surface area contributed by atoms with E-state index in [-0.39, 0.29) is 5.78 Å². The summed E-state index contributed by atoms with van der Waals surface area (Å²) in [5.74, 6) is -0.256. The zero-order valence-corrected chi connectivity index (χ0v) is 14.3. The molecule has 24 heavy (non-hydrogen) atoms. The second-order valence-electron chi connectivity index (χ2n) is 5.51. The van der Waals surface area contributed by atoms with E-state index >= 15 is 0 Å². The fourth-order valence-corrected chi connectivity index (χ4v) is 2.82. The third-order valence-corrected chi connectivity index (χ3v) is 4.24. The van der Waals surface area contributed by atoms with E-state index in [4.69, 9.17) is 32.7 Å². The zero-order valence-electron chi connectivity index (χ0n) is 12.8. The number of halogens is 2. The van der Waals surface area contributed by atoms with Crippen LogP contribution in [0.4, 0.5) is 0 Å². The summed E-state index contributed by atoms with van der Waals surface area (Å²) < 4.78 is 10.8. The molecule has 0 bridgehead atoms. The van der Waals surface area contributed by atoms with Gasteiger partial charge in [0.2, 0.25) is 5.78 Å². The van der Waals surface area contributed by atoms with Crippen LogP contribution < -0.4 is 4.74 Å². The number of carbonyl (C=O) groups is 2. The highest BCUT2D eigenvalue weighted by Gasteiger charge is 2.32. The number of hydrogen-bond acceptors (Lipinski definition) is 4. The van der Waals surface area contributed by atoms with Crippen LogP contribution in [-0.2, 0) is 16.0 Å². The molecule has 2 aromatic carbocycles. The Hall–Kier alpha value is -2.04. The number of rotatable bonds is 4. The van der Waals surface area contributed by atoms with Crippen LogP contribution in [-0.4, -0.2) is 24.0 Å². The van der Waals surface area contributed by atoms with Gasteiger partial charge in [-0.1, -0.05) is 23.2 Å². The Morgan fingerprint density at radius 3 is 2.50 bits per heavy atom. The fraction of sp³-hybridized carbons (Fsp3) is 0.222. The first-order valence-corrected chi connectivity index (χ1v) is 8.15. The molecule has 2 atom stereocenters. The van der Waals surface area contributed by atoms with E-state index in [1.165, 1.54) is 6.92 Å². The van der Waals surface area contributed by atoms with Gasteiger partial charge < -0.3 is 9.47 Å². The topological polar surface area (TPSA) is 52.6 Å². The molecular formula is C18H14Cl2O4. The standard InChI is InChI=1S/C18H14Cl2O4/c1-10(17(21)11-2-4-13(19)5-3-11)23-18(22)16-9-12-8-14(20)6-7-15(12)24-16/h2-8,10,16H,9H2,1H3/t10-,16+/m1/s1. The summed E-state index contributed by atoms with van der Waals surface area (Å²) in [6.07, 6.45) is -1.30. The van der Waals surface area contributed by atoms with Crippen LogP contribution >= 0.6 is 23.2 Å². The van der Waals surface area contributed by atoms with Gasteiger partial charge in [-0.25, -0.2) is 4.79 Å². The van der Waals surface area contributed by atoms with Crippen LogP contribution in [0.3, 0.4) is 0 Å². The fourth-order valence-electron chi connectivity index (χ4n) is 2.50. The lowest BCUT2D eigenvalue weighted by Crippen LogP contribution is -2.33. The van der Waals surface area contributed by atoms with Gasteiger partial charge in [-0.3, -0.25) is 4.79 Å². The lowest BCUT2D eigenvalue weighted by Gasteiger charge is -2.15. The summed E-state index contributed by atoms with van der Waals surface area (Å²) >= 11 is 11.7. The minimum atomic E-state index is -0.908. The number of fused-ring (bicyclic) bond motifs is 1. The average Bonchev–Trinajstić information content (AvgIpc) is 2.98. The number of hydrogen-bond donors (Lipinski definition) is 0. The molecule has 1 heterocycles. The Bertz CT molecular complexity index is 786. The molecule has 0 unspecified atom stereocenters. The van der Waals surface area contributed by atoms with Gasteiger partial charge in [0, 0.05) is 22.0 Å². The molecule has 1 aliphatic rings. The van der Waals surface area contributed by atoms with E-state index in [1.54, 1.807) is 42.5 Å². The SMILES string of the molecule is C[C@@H](OC(=O)[C@@H]1Cc2cc(Cl)ccc2O1)C(=O)c1ccc(Cl)cc1. The molecule has 0 aliphatic carbocycles. The van der Waals surface area contributed by atoms with Crippen molar-refractivity contribution in [2.45, 2.75) is 25.6 Å². The van der Waals surface area contributed by atoms with Crippen LogP contribution in [0.2, 0.25) is 10.0 Å². The summed E-state index contributed by atoms with van der Waals surface area (Å²) in [5.41, 5.74) is 1.28. The monoisotopic (exact) mass is 364 g/mol. The third-order valence-electron chi connectivity index (χ3n) is 3.75. The van der Waals surface area contributed by atoms with Crippen molar-refractivity contribution in [3.63, 3.8) is 0 Å². The zero-order chi connectivity index (χ0) is 17.3. The highest BCUT2D eigenvalue weighted by Crippen LogP contribution is 2.31. The van der Waals surface area contributed by atoms with Gasteiger partial charge in [0.25, 0.3) is 0 Å². The lowest BCUT2D eigenvalue weighted by atomic mass is 10.1. The molecule has 0 fully saturated rings. The minimum absolute atomic E-state index is 0.293. The van der Waals surface area contributed by atoms with E-state index in [0.29, 0.717) is 27.8 Å². The van der Waals surface area contributed by atoms with E-state index < -0.39 is 18.2 Å². The second-order valence-corrected chi connectivity index (χ2v) is 6.39. The molecule has 6 heteroatoms. The molecule has 4 nitrogen and oxygen atoms in total. The normalized spacial score (nSPS) is 16.9. The highest BCUT2D eigenvalue weighted by molar-refractivity contribution is 6.31. The van der Waals surface area contributed by atoms with Crippen LogP contribution in [0, 0.1) is 0 Å². The van der Waals surface area contributed by atoms with Crippen molar-refractivity contribution in [1.82, 2.24) is 0 Å². The number of carbonyl (C=O) groups excluding carboxylic acids is 2. The Balaban J connectivity index is 1.63. The number of ketones is 1. The van der Waals surface area contributed by atoms with Gasteiger partial charge in [-0.15, -0.1) is 0 Å². The Kier molecular flexibility index (Phi) is 4.78. The highest BCUT2D eigenvalue weighted by atomic mass is 35.5. The van der Waals surface area contributed by atoms with E-state index in [2.05, 4.69) is 0 Å². The maximum atomic E-state index is 12.3. The molecular weight excluding hydrogens is 351 g/mol. The van der Waals surface area contributed by atoms with Crippen LogP contribution in [0.25, 0.3) is 0 Å².